The van der Waals surface area contributed by atoms with E-state index in [1.807, 2.05) is 11.8 Å². The Morgan fingerprint density at radius 2 is 1.90 bits per heavy atom. The Labute approximate surface area is 131 Å². The number of nitrogens with zero attached hydrogens (tertiary/aromatic N) is 2. The summed E-state index contributed by atoms with van der Waals surface area (Å²) in [6.45, 7) is 6.99. The molecule has 2 heterocycles. The fraction of sp³-hybridized carbons (Fsp3) is 0.867. The molecule has 1 N–H and O–H groups in total. The third kappa shape index (κ3) is 3.72. The number of hydrogen-bond acceptors (Lipinski definition) is 4. The van der Waals surface area contributed by atoms with Crippen LogP contribution in [0.4, 0.5) is 0 Å². The summed E-state index contributed by atoms with van der Waals surface area (Å²) in [7, 11) is 0. The van der Waals surface area contributed by atoms with E-state index in [4.69, 9.17) is 5.11 Å². The summed E-state index contributed by atoms with van der Waals surface area (Å²) in [5.41, 5.74) is 0. The van der Waals surface area contributed by atoms with E-state index in [2.05, 4.69) is 18.7 Å². The lowest BCUT2D eigenvalue weighted by Crippen LogP contribution is -2.55. The number of hydrogen-bond donors (Lipinski definition) is 1. The number of rotatable bonds is 4. The molecular formula is C15H26N2O3S. The quantitative estimate of drug-likeness (QED) is 0.855. The summed E-state index contributed by atoms with van der Waals surface area (Å²) in [6.07, 6.45) is 2.32. The average Bonchev–Trinajstić information content (AvgIpc) is 2.76. The number of carbonyl (C=O) groups is 2. The van der Waals surface area contributed by atoms with Crippen molar-refractivity contribution in [2.24, 2.45) is 0 Å². The van der Waals surface area contributed by atoms with Gasteiger partial charge in [0.05, 0.1) is 18.5 Å². The van der Waals surface area contributed by atoms with Crippen LogP contribution in [-0.4, -0.2) is 69.0 Å². The Balaban J connectivity index is 2.07. The Morgan fingerprint density at radius 3 is 2.48 bits per heavy atom. The largest absolute Gasteiger partial charge is 0.481 e. The summed E-state index contributed by atoms with van der Waals surface area (Å²) >= 11 is 1.74. The highest BCUT2D eigenvalue weighted by Crippen LogP contribution is 2.28. The van der Waals surface area contributed by atoms with Gasteiger partial charge < -0.3 is 10.0 Å². The predicted octanol–water partition coefficient (Wildman–Crippen LogP) is 1.67. The van der Waals surface area contributed by atoms with E-state index in [-0.39, 0.29) is 24.4 Å². The first-order chi connectivity index (χ1) is 9.91. The third-order valence-corrected chi connectivity index (χ3v) is 5.84. The summed E-state index contributed by atoms with van der Waals surface area (Å²) < 4.78 is 0. The highest BCUT2D eigenvalue weighted by molar-refractivity contribution is 7.99. The van der Waals surface area contributed by atoms with Gasteiger partial charge >= 0.3 is 5.97 Å². The molecule has 2 saturated heterocycles. The van der Waals surface area contributed by atoms with Gasteiger partial charge in [-0.25, -0.2) is 0 Å². The molecule has 2 aliphatic heterocycles. The smallest absolute Gasteiger partial charge is 0.305 e. The topological polar surface area (TPSA) is 60.9 Å². The lowest BCUT2D eigenvalue weighted by atomic mass is 10.1. The van der Waals surface area contributed by atoms with Crippen LogP contribution in [-0.2, 0) is 9.59 Å². The molecule has 0 aliphatic carbocycles. The van der Waals surface area contributed by atoms with Gasteiger partial charge in [-0.05, 0) is 33.6 Å². The van der Waals surface area contributed by atoms with Gasteiger partial charge in [0.1, 0.15) is 0 Å². The average molecular weight is 314 g/mol. The molecule has 0 spiro atoms. The molecule has 2 fully saturated rings. The maximum atomic E-state index is 12.9. The summed E-state index contributed by atoms with van der Waals surface area (Å²) in [5.74, 6) is 0.910. The molecule has 2 aliphatic rings. The second-order valence-corrected chi connectivity index (χ2v) is 7.41. The zero-order valence-corrected chi connectivity index (χ0v) is 13.9. The van der Waals surface area contributed by atoms with Crippen LogP contribution in [0.3, 0.4) is 0 Å². The van der Waals surface area contributed by atoms with Crippen molar-refractivity contribution in [2.75, 3.05) is 18.1 Å². The van der Waals surface area contributed by atoms with Crippen LogP contribution in [0.15, 0.2) is 0 Å². The highest BCUT2D eigenvalue weighted by atomic mass is 32.2. The number of carbonyl (C=O) groups excluding carboxylic acids is 1. The van der Waals surface area contributed by atoms with Gasteiger partial charge in [-0.15, -0.1) is 0 Å². The van der Waals surface area contributed by atoms with Gasteiger partial charge in [0.2, 0.25) is 5.91 Å². The fourth-order valence-corrected chi connectivity index (χ4v) is 4.72. The van der Waals surface area contributed by atoms with Gasteiger partial charge in [0.15, 0.2) is 0 Å². The monoisotopic (exact) mass is 314 g/mol. The van der Waals surface area contributed by atoms with Gasteiger partial charge in [-0.1, -0.05) is 0 Å². The molecule has 4 unspecified atom stereocenters. The van der Waals surface area contributed by atoms with E-state index in [9.17, 15) is 9.59 Å². The van der Waals surface area contributed by atoms with Gasteiger partial charge in [0, 0.05) is 30.1 Å². The van der Waals surface area contributed by atoms with E-state index < -0.39 is 5.97 Å². The molecule has 2 rings (SSSR count). The standard InChI is InChI=1S/C15H26N2O3S/c1-10-4-5-11(2)17(10)12(3)15(20)16-6-7-21-9-13(16)8-14(18)19/h10-13H,4-9H2,1-3H3,(H,18,19). The predicted molar refractivity (Wildman–Crippen MR) is 84.5 cm³/mol. The molecule has 0 saturated carbocycles. The van der Waals surface area contributed by atoms with Crippen molar-refractivity contribution >= 4 is 23.6 Å². The minimum Gasteiger partial charge on any atom is -0.481 e. The molecule has 1 amide bonds. The number of carboxylic acids is 1. The minimum atomic E-state index is -0.823. The molecule has 120 valence electrons. The Hall–Kier alpha value is -0.750. The third-order valence-electron chi connectivity index (χ3n) is 4.75. The molecule has 5 nitrogen and oxygen atoms in total. The van der Waals surface area contributed by atoms with Crippen LogP contribution in [0, 0.1) is 0 Å². The van der Waals surface area contributed by atoms with Crippen molar-refractivity contribution in [3.8, 4) is 0 Å². The van der Waals surface area contributed by atoms with Crippen molar-refractivity contribution in [3.05, 3.63) is 0 Å². The van der Waals surface area contributed by atoms with E-state index >= 15 is 0 Å². The fourth-order valence-electron chi connectivity index (χ4n) is 3.66. The number of thioether (sulfide) groups is 1. The molecule has 0 radical (unpaired) electrons. The molecule has 0 aromatic heterocycles. The van der Waals surface area contributed by atoms with Gasteiger partial charge in [-0.2, -0.15) is 11.8 Å². The maximum Gasteiger partial charge on any atom is 0.305 e. The van der Waals surface area contributed by atoms with Crippen LogP contribution >= 0.6 is 11.8 Å². The van der Waals surface area contributed by atoms with Gasteiger partial charge in [0.25, 0.3) is 0 Å². The van der Waals surface area contributed by atoms with Gasteiger partial charge in [-0.3, -0.25) is 14.5 Å². The first-order valence-corrected chi connectivity index (χ1v) is 8.94. The zero-order valence-electron chi connectivity index (χ0n) is 13.1. The zero-order chi connectivity index (χ0) is 15.6. The Bertz CT molecular complexity index is 394. The number of aliphatic carboxylic acids is 1. The van der Waals surface area contributed by atoms with Crippen molar-refractivity contribution in [3.63, 3.8) is 0 Å². The van der Waals surface area contributed by atoms with Crippen molar-refractivity contribution < 1.29 is 14.7 Å². The maximum absolute atomic E-state index is 12.9. The highest BCUT2D eigenvalue weighted by Gasteiger charge is 2.38. The van der Waals surface area contributed by atoms with Crippen molar-refractivity contribution in [1.29, 1.82) is 0 Å². The van der Waals surface area contributed by atoms with Crippen LogP contribution < -0.4 is 0 Å². The molecule has 0 bridgehead atoms. The van der Waals surface area contributed by atoms with E-state index in [0.717, 1.165) is 24.3 Å². The minimum absolute atomic E-state index is 0.0521. The molecular weight excluding hydrogens is 288 g/mol. The normalized spacial score (nSPS) is 32.1. The second-order valence-electron chi connectivity index (χ2n) is 6.26. The summed E-state index contributed by atoms with van der Waals surface area (Å²) in [6, 6.07) is 0.536. The van der Waals surface area contributed by atoms with E-state index in [1.165, 1.54) is 0 Å². The Kier molecular flexibility index (Phi) is 5.54. The van der Waals surface area contributed by atoms with Crippen LogP contribution in [0.2, 0.25) is 0 Å². The lowest BCUT2D eigenvalue weighted by molar-refractivity contribution is -0.143. The summed E-state index contributed by atoms with van der Waals surface area (Å²) in [4.78, 5) is 28.0. The molecule has 0 aromatic rings. The first kappa shape index (κ1) is 16.6. The van der Waals surface area contributed by atoms with Crippen LogP contribution in [0.1, 0.15) is 40.0 Å². The van der Waals surface area contributed by atoms with E-state index in [0.29, 0.717) is 18.6 Å². The van der Waals surface area contributed by atoms with E-state index in [1.54, 1.807) is 11.8 Å². The molecule has 0 aromatic carbocycles. The first-order valence-electron chi connectivity index (χ1n) is 7.79. The summed E-state index contributed by atoms with van der Waals surface area (Å²) in [5, 5.41) is 9.04. The van der Waals surface area contributed by atoms with Crippen molar-refractivity contribution in [2.45, 2.75) is 64.2 Å². The molecule has 21 heavy (non-hydrogen) atoms. The number of likely N-dealkylation sites (tertiary alicyclic amines) is 1. The molecule has 6 heteroatoms. The number of carboxylic acid groups (broad SMARTS) is 1. The lowest BCUT2D eigenvalue weighted by Gasteiger charge is -2.40. The SMILES string of the molecule is CC1CCC(C)N1C(C)C(=O)N1CCSCC1CC(=O)O. The molecule has 4 atom stereocenters. The Morgan fingerprint density at radius 1 is 1.29 bits per heavy atom. The van der Waals surface area contributed by atoms with Crippen LogP contribution in [0.5, 0.6) is 0 Å². The van der Waals surface area contributed by atoms with Crippen molar-refractivity contribution in [1.82, 2.24) is 9.80 Å². The number of amides is 1. The second kappa shape index (κ2) is 7.01. The van der Waals surface area contributed by atoms with Crippen LogP contribution in [0.25, 0.3) is 0 Å².